The number of nitrogens with zero attached hydrogens (tertiary/aromatic N) is 2. The number of nitro benzene ring substituents is 1. The van der Waals surface area contributed by atoms with E-state index in [2.05, 4.69) is 19.2 Å². The van der Waals surface area contributed by atoms with Gasteiger partial charge in [-0.1, -0.05) is 6.92 Å². The molecule has 1 atom stereocenters. The van der Waals surface area contributed by atoms with Gasteiger partial charge in [0.2, 0.25) is 0 Å². The fraction of sp³-hybridized carbons (Fsp3) is 0.462. The molecule has 0 spiro atoms. The highest BCUT2D eigenvalue weighted by atomic mass is 16.6. The fourth-order valence-corrected chi connectivity index (χ4v) is 1.90. The van der Waals surface area contributed by atoms with Crippen molar-refractivity contribution in [2.24, 2.45) is 5.41 Å². The van der Waals surface area contributed by atoms with Crippen LogP contribution >= 0.6 is 0 Å². The third-order valence-corrected chi connectivity index (χ3v) is 3.79. The van der Waals surface area contributed by atoms with Crippen LogP contribution in [0.4, 0.5) is 11.4 Å². The summed E-state index contributed by atoms with van der Waals surface area (Å²) >= 11 is 0. The van der Waals surface area contributed by atoms with Crippen molar-refractivity contribution in [1.82, 2.24) is 0 Å². The molecule has 1 N–H and O–H groups in total. The third-order valence-electron chi connectivity index (χ3n) is 3.79. The number of benzene rings is 1. The number of non-ortho nitro benzene ring substituents is 1. The minimum Gasteiger partial charge on any atom is -0.381 e. The summed E-state index contributed by atoms with van der Waals surface area (Å²) in [6.45, 7) is 4.28. The second-order valence-electron chi connectivity index (χ2n) is 5.12. The second kappa shape index (κ2) is 4.30. The van der Waals surface area contributed by atoms with Crippen molar-refractivity contribution in [2.75, 3.05) is 5.32 Å². The van der Waals surface area contributed by atoms with Crippen molar-refractivity contribution in [3.05, 3.63) is 33.9 Å². The first kappa shape index (κ1) is 12.4. The molecule has 0 heterocycles. The monoisotopic (exact) mass is 245 g/mol. The molecule has 0 aromatic heterocycles. The Bertz CT molecular complexity index is 530. The molecule has 0 radical (unpaired) electrons. The average Bonchev–Trinajstić information content (AvgIpc) is 3.09. The Labute approximate surface area is 106 Å². The number of hydrogen-bond donors (Lipinski definition) is 1. The number of anilines is 1. The summed E-state index contributed by atoms with van der Waals surface area (Å²) in [7, 11) is 0. The standard InChI is InChI=1S/C13H15N3O2/c1-9(13(2)5-6-13)15-12-4-3-11(16(17)18)7-10(12)8-14/h3-4,7,9,15H,5-6H2,1-2H3. The molecule has 94 valence electrons. The smallest absolute Gasteiger partial charge is 0.270 e. The van der Waals surface area contributed by atoms with E-state index in [0.29, 0.717) is 11.3 Å². The summed E-state index contributed by atoms with van der Waals surface area (Å²) in [5.74, 6) is 0. The van der Waals surface area contributed by atoms with Crippen LogP contribution in [0.1, 0.15) is 32.3 Å². The van der Waals surface area contributed by atoms with E-state index in [4.69, 9.17) is 5.26 Å². The van der Waals surface area contributed by atoms with Gasteiger partial charge in [0.15, 0.2) is 0 Å². The van der Waals surface area contributed by atoms with Gasteiger partial charge in [0.1, 0.15) is 6.07 Å². The molecule has 2 rings (SSSR count). The SMILES string of the molecule is CC(Nc1ccc([N+](=O)[O-])cc1C#N)C1(C)CC1. The van der Waals surface area contributed by atoms with Crippen LogP contribution in [0.2, 0.25) is 0 Å². The van der Waals surface area contributed by atoms with E-state index >= 15 is 0 Å². The zero-order valence-electron chi connectivity index (χ0n) is 10.4. The molecule has 1 fully saturated rings. The molecular weight excluding hydrogens is 230 g/mol. The predicted molar refractivity (Wildman–Crippen MR) is 68.2 cm³/mol. The van der Waals surface area contributed by atoms with E-state index < -0.39 is 4.92 Å². The quantitative estimate of drug-likeness (QED) is 0.653. The molecule has 1 aliphatic rings. The highest BCUT2D eigenvalue weighted by molar-refractivity contribution is 5.62. The molecule has 1 saturated carbocycles. The van der Waals surface area contributed by atoms with Crippen molar-refractivity contribution < 1.29 is 4.92 Å². The lowest BCUT2D eigenvalue weighted by molar-refractivity contribution is -0.384. The molecule has 1 aromatic rings. The lowest BCUT2D eigenvalue weighted by atomic mass is 10.00. The molecule has 0 bridgehead atoms. The van der Waals surface area contributed by atoms with Gasteiger partial charge in [-0.15, -0.1) is 0 Å². The van der Waals surface area contributed by atoms with E-state index in [1.54, 1.807) is 6.07 Å². The van der Waals surface area contributed by atoms with Gasteiger partial charge in [-0.05, 0) is 31.2 Å². The maximum Gasteiger partial charge on any atom is 0.270 e. The molecule has 1 aliphatic carbocycles. The molecule has 0 saturated heterocycles. The van der Waals surface area contributed by atoms with Crippen molar-refractivity contribution in [3.8, 4) is 6.07 Å². The Morgan fingerprint density at radius 2 is 2.22 bits per heavy atom. The highest BCUT2D eigenvalue weighted by Gasteiger charge is 2.42. The Kier molecular flexibility index (Phi) is 2.95. The van der Waals surface area contributed by atoms with Crippen molar-refractivity contribution in [1.29, 1.82) is 5.26 Å². The fourth-order valence-electron chi connectivity index (χ4n) is 1.90. The Hall–Kier alpha value is -2.09. The Morgan fingerprint density at radius 1 is 1.56 bits per heavy atom. The van der Waals surface area contributed by atoms with Gasteiger partial charge < -0.3 is 5.32 Å². The number of nitriles is 1. The van der Waals surface area contributed by atoms with Crippen LogP contribution in [0, 0.1) is 26.9 Å². The van der Waals surface area contributed by atoms with Gasteiger partial charge in [0.05, 0.1) is 16.2 Å². The van der Waals surface area contributed by atoms with Crippen LogP contribution < -0.4 is 5.32 Å². The lowest BCUT2D eigenvalue weighted by Crippen LogP contribution is -2.25. The van der Waals surface area contributed by atoms with Crippen LogP contribution in [0.3, 0.4) is 0 Å². The first-order valence-corrected chi connectivity index (χ1v) is 5.91. The number of nitrogens with one attached hydrogen (secondary N) is 1. The van der Waals surface area contributed by atoms with E-state index in [0.717, 1.165) is 0 Å². The van der Waals surface area contributed by atoms with Gasteiger partial charge in [0, 0.05) is 18.2 Å². The van der Waals surface area contributed by atoms with Crippen LogP contribution in [0.5, 0.6) is 0 Å². The third kappa shape index (κ3) is 2.28. The molecule has 5 heteroatoms. The van der Waals surface area contributed by atoms with Crippen molar-refractivity contribution in [3.63, 3.8) is 0 Å². The van der Waals surface area contributed by atoms with E-state index in [9.17, 15) is 10.1 Å². The number of hydrogen-bond acceptors (Lipinski definition) is 4. The summed E-state index contributed by atoms with van der Waals surface area (Å²) in [6, 6.07) is 6.60. The normalized spacial score (nSPS) is 17.6. The van der Waals surface area contributed by atoms with Crippen LogP contribution in [-0.4, -0.2) is 11.0 Å². The molecule has 0 aliphatic heterocycles. The molecule has 18 heavy (non-hydrogen) atoms. The second-order valence-corrected chi connectivity index (χ2v) is 5.12. The maximum absolute atomic E-state index is 10.6. The summed E-state index contributed by atoms with van der Waals surface area (Å²) in [4.78, 5) is 10.2. The molecular formula is C13H15N3O2. The van der Waals surface area contributed by atoms with Gasteiger partial charge in [0.25, 0.3) is 5.69 Å². The summed E-state index contributed by atoms with van der Waals surface area (Å²) < 4.78 is 0. The Morgan fingerprint density at radius 3 is 2.72 bits per heavy atom. The summed E-state index contributed by atoms with van der Waals surface area (Å²) in [6.07, 6.45) is 2.35. The van der Waals surface area contributed by atoms with Gasteiger partial charge in [-0.2, -0.15) is 5.26 Å². The van der Waals surface area contributed by atoms with E-state index in [-0.39, 0.29) is 17.1 Å². The molecule has 1 aromatic carbocycles. The number of rotatable bonds is 4. The van der Waals surface area contributed by atoms with E-state index in [1.807, 2.05) is 6.07 Å². The predicted octanol–water partition coefficient (Wildman–Crippen LogP) is 3.07. The zero-order chi connectivity index (χ0) is 13.3. The zero-order valence-corrected chi connectivity index (χ0v) is 10.4. The van der Waals surface area contributed by atoms with Crippen LogP contribution in [-0.2, 0) is 0 Å². The highest BCUT2D eigenvalue weighted by Crippen LogP contribution is 2.49. The van der Waals surface area contributed by atoms with Crippen molar-refractivity contribution >= 4 is 11.4 Å². The van der Waals surface area contributed by atoms with Gasteiger partial charge in [-0.25, -0.2) is 0 Å². The van der Waals surface area contributed by atoms with Gasteiger partial charge in [-0.3, -0.25) is 10.1 Å². The largest absolute Gasteiger partial charge is 0.381 e. The first-order chi connectivity index (χ1) is 8.46. The average molecular weight is 245 g/mol. The molecule has 1 unspecified atom stereocenters. The maximum atomic E-state index is 10.6. The minimum atomic E-state index is -0.490. The van der Waals surface area contributed by atoms with Gasteiger partial charge >= 0.3 is 0 Å². The van der Waals surface area contributed by atoms with E-state index in [1.165, 1.54) is 25.0 Å². The van der Waals surface area contributed by atoms with Crippen molar-refractivity contribution in [2.45, 2.75) is 32.7 Å². The summed E-state index contributed by atoms with van der Waals surface area (Å²) in [5.41, 5.74) is 1.22. The summed E-state index contributed by atoms with van der Waals surface area (Å²) in [5, 5.41) is 23.0. The first-order valence-electron chi connectivity index (χ1n) is 5.91. The minimum absolute atomic E-state index is 0.0533. The van der Waals surface area contributed by atoms with Crippen LogP contribution in [0.15, 0.2) is 18.2 Å². The molecule has 5 nitrogen and oxygen atoms in total. The van der Waals surface area contributed by atoms with Crippen LogP contribution in [0.25, 0.3) is 0 Å². The molecule has 0 amide bonds. The lowest BCUT2D eigenvalue weighted by Gasteiger charge is -2.22. The number of nitro groups is 1. The topological polar surface area (TPSA) is 79.0 Å². The Balaban J connectivity index is 2.23.